The Morgan fingerprint density at radius 1 is 1.45 bits per heavy atom. The maximum atomic E-state index is 6.32. The summed E-state index contributed by atoms with van der Waals surface area (Å²) >= 11 is 9.83. The van der Waals surface area contributed by atoms with E-state index in [9.17, 15) is 0 Å². The minimum Gasteiger partial charge on any atom is -0.335 e. The van der Waals surface area contributed by atoms with Gasteiger partial charge in [0.15, 0.2) is 0 Å². The number of aromatic nitrogens is 2. The normalized spacial score (nSPS) is 12.6. The van der Waals surface area contributed by atoms with Crippen LogP contribution in [0.25, 0.3) is 0 Å². The van der Waals surface area contributed by atoms with Crippen LogP contribution in [0.15, 0.2) is 35.1 Å². The van der Waals surface area contributed by atoms with Gasteiger partial charge in [-0.2, -0.15) is 0 Å². The van der Waals surface area contributed by atoms with Crippen molar-refractivity contribution >= 4 is 27.5 Å². The van der Waals surface area contributed by atoms with E-state index >= 15 is 0 Å². The van der Waals surface area contributed by atoms with Gasteiger partial charge in [0.25, 0.3) is 0 Å². The molecule has 2 aromatic rings. The average molecular weight is 357 g/mol. The highest BCUT2D eigenvalue weighted by Gasteiger charge is 2.16. The summed E-state index contributed by atoms with van der Waals surface area (Å²) in [6, 6.07) is 6.09. The van der Waals surface area contributed by atoms with Gasteiger partial charge in [0.1, 0.15) is 5.82 Å². The predicted molar refractivity (Wildman–Crippen MR) is 87.2 cm³/mol. The Morgan fingerprint density at radius 3 is 2.95 bits per heavy atom. The quantitative estimate of drug-likeness (QED) is 0.840. The number of hydrogen-bond donors (Lipinski definition) is 1. The van der Waals surface area contributed by atoms with Crippen molar-refractivity contribution in [1.82, 2.24) is 14.9 Å². The molecule has 1 unspecified atom stereocenters. The first-order valence-corrected chi connectivity index (χ1v) is 7.95. The molecule has 0 radical (unpaired) electrons. The van der Waals surface area contributed by atoms with Gasteiger partial charge in [0.05, 0.1) is 0 Å². The van der Waals surface area contributed by atoms with E-state index in [4.69, 9.17) is 11.6 Å². The van der Waals surface area contributed by atoms with E-state index in [1.165, 1.54) is 0 Å². The summed E-state index contributed by atoms with van der Waals surface area (Å²) in [4.78, 5) is 4.47. The predicted octanol–water partition coefficient (Wildman–Crippen LogP) is 4.21. The zero-order valence-corrected chi connectivity index (χ0v) is 14.1. The van der Waals surface area contributed by atoms with Gasteiger partial charge in [-0.3, -0.25) is 0 Å². The molecule has 0 aliphatic heterocycles. The lowest BCUT2D eigenvalue weighted by molar-refractivity contribution is 0.543. The molecule has 0 amide bonds. The Morgan fingerprint density at radius 2 is 2.25 bits per heavy atom. The molecule has 1 heterocycles. The molecular weight excluding hydrogens is 338 g/mol. The molecule has 20 heavy (non-hydrogen) atoms. The molecule has 0 fully saturated rings. The molecule has 0 saturated heterocycles. The number of aryl methyl sites for hydroxylation is 1. The third kappa shape index (κ3) is 3.62. The van der Waals surface area contributed by atoms with Gasteiger partial charge >= 0.3 is 0 Å². The summed E-state index contributed by atoms with van der Waals surface area (Å²) in [7, 11) is 1.95. The zero-order chi connectivity index (χ0) is 14.5. The van der Waals surface area contributed by atoms with Crippen LogP contribution in [0.5, 0.6) is 0 Å². The van der Waals surface area contributed by atoms with Crippen molar-refractivity contribution < 1.29 is 0 Å². The number of imidazole rings is 1. The number of halogens is 2. The summed E-state index contributed by atoms with van der Waals surface area (Å²) < 4.78 is 3.24. The van der Waals surface area contributed by atoms with Crippen LogP contribution in [0.3, 0.4) is 0 Å². The van der Waals surface area contributed by atoms with Gasteiger partial charge in [-0.25, -0.2) is 4.98 Å². The van der Waals surface area contributed by atoms with Gasteiger partial charge < -0.3 is 9.88 Å². The summed E-state index contributed by atoms with van der Waals surface area (Å²) in [5.74, 6) is 1.09. The van der Waals surface area contributed by atoms with E-state index in [2.05, 4.69) is 43.8 Å². The number of benzene rings is 1. The van der Waals surface area contributed by atoms with Crippen molar-refractivity contribution in [2.75, 3.05) is 7.05 Å². The van der Waals surface area contributed by atoms with E-state index in [1.807, 2.05) is 31.6 Å². The first kappa shape index (κ1) is 15.5. The van der Waals surface area contributed by atoms with Crippen molar-refractivity contribution in [3.05, 3.63) is 51.5 Å². The monoisotopic (exact) mass is 355 g/mol. The summed E-state index contributed by atoms with van der Waals surface area (Å²) in [5.41, 5.74) is 1.09. The van der Waals surface area contributed by atoms with Crippen molar-refractivity contribution in [2.24, 2.45) is 0 Å². The lowest BCUT2D eigenvalue weighted by Gasteiger charge is -2.19. The molecule has 1 aromatic heterocycles. The number of rotatable bonds is 6. The summed E-state index contributed by atoms with van der Waals surface area (Å²) in [6.07, 6.45) is 5.82. The highest BCUT2D eigenvalue weighted by Crippen LogP contribution is 2.28. The van der Waals surface area contributed by atoms with Gasteiger partial charge in [-0.15, -0.1) is 0 Å². The maximum absolute atomic E-state index is 6.32. The van der Waals surface area contributed by atoms with Crippen LogP contribution in [0.1, 0.15) is 30.8 Å². The van der Waals surface area contributed by atoms with E-state index in [-0.39, 0.29) is 6.04 Å². The Balaban J connectivity index is 2.24. The summed E-state index contributed by atoms with van der Waals surface area (Å²) in [5, 5.41) is 4.11. The molecule has 5 heteroatoms. The fraction of sp³-hybridized carbons (Fsp3) is 0.400. The molecule has 0 spiro atoms. The lowest BCUT2D eigenvalue weighted by atomic mass is 10.0. The molecular formula is C15H19BrClN3. The second kappa shape index (κ2) is 7.25. The maximum Gasteiger partial charge on any atom is 0.110 e. The number of likely N-dealkylation sites (N-methyl/N-ethyl adjacent to an activating group) is 1. The molecule has 0 aliphatic carbocycles. The van der Waals surface area contributed by atoms with Crippen LogP contribution in [0, 0.1) is 0 Å². The SMILES string of the molecule is CCCn1ccnc1CC(NC)c1cc(Br)ccc1Cl. The molecule has 0 saturated carbocycles. The van der Waals surface area contributed by atoms with Crippen LogP contribution < -0.4 is 5.32 Å². The van der Waals surface area contributed by atoms with E-state index in [0.717, 1.165) is 40.3 Å². The second-order valence-corrected chi connectivity index (χ2v) is 6.07. The van der Waals surface area contributed by atoms with Gasteiger partial charge in [0, 0.05) is 40.9 Å². The first-order chi connectivity index (χ1) is 9.65. The zero-order valence-electron chi connectivity index (χ0n) is 11.7. The van der Waals surface area contributed by atoms with Crippen molar-refractivity contribution in [3.8, 4) is 0 Å². The fourth-order valence-corrected chi connectivity index (χ4v) is 2.93. The van der Waals surface area contributed by atoms with Crippen LogP contribution in [-0.4, -0.2) is 16.6 Å². The topological polar surface area (TPSA) is 29.9 Å². The number of nitrogens with one attached hydrogen (secondary N) is 1. The first-order valence-electron chi connectivity index (χ1n) is 6.78. The lowest BCUT2D eigenvalue weighted by Crippen LogP contribution is -2.21. The number of hydrogen-bond acceptors (Lipinski definition) is 2. The minimum absolute atomic E-state index is 0.151. The van der Waals surface area contributed by atoms with Crippen LogP contribution in [-0.2, 0) is 13.0 Å². The van der Waals surface area contributed by atoms with Crippen LogP contribution in [0.2, 0.25) is 5.02 Å². The smallest absolute Gasteiger partial charge is 0.110 e. The highest BCUT2D eigenvalue weighted by atomic mass is 79.9. The molecule has 1 N–H and O–H groups in total. The molecule has 0 bridgehead atoms. The molecule has 1 aromatic carbocycles. The molecule has 2 rings (SSSR count). The second-order valence-electron chi connectivity index (χ2n) is 4.75. The molecule has 0 aliphatic rings. The van der Waals surface area contributed by atoms with Gasteiger partial charge in [-0.1, -0.05) is 34.5 Å². The Labute approximate surface area is 133 Å². The molecule has 1 atom stereocenters. The molecule has 108 valence electrons. The Hall–Kier alpha value is -0.840. The minimum atomic E-state index is 0.151. The van der Waals surface area contributed by atoms with Crippen molar-refractivity contribution in [2.45, 2.75) is 32.4 Å². The van der Waals surface area contributed by atoms with E-state index in [0.29, 0.717) is 0 Å². The number of nitrogens with zero attached hydrogens (tertiary/aromatic N) is 2. The average Bonchev–Trinajstić information content (AvgIpc) is 2.87. The third-order valence-corrected chi connectivity index (χ3v) is 4.17. The van der Waals surface area contributed by atoms with Gasteiger partial charge in [0.2, 0.25) is 0 Å². The highest BCUT2D eigenvalue weighted by molar-refractivity contribution is 9.10. The van der Waals surface area contributed by atoms with E-state index in [1.54, 1.807) is 0 Å². The largest absolute Gasteiger partial charge is 0.335 e. The fourth-order valence-electron chi connectivity index (χ4n) is 2.31. The van der Waals surface area contributed by atoms with Crippen molar-refractivity contribution in [1.29, 1.82) is 0 Å². The van der Waals surface area contributed by atoms with Crippen LogP contribution in [0.4, 0.5) is 0 Å². The Bertz CT molecular complexity index is 568. The van der Waals surface area contributed by atoms with Crippen molar-refractivity contribution in [3.63, 3.8) is 0 Å². The summed E-state index contributed by atoms with van der Waals surface area (Å²) in [6.45, 7) is 3.17. The van der Waals surface area contributed by atoms with E-state index < -0.39 is 0 Å². The standard InChI is InChI=1S/C15H19BrClN3/c1-3-7-20-8-6-19-15(20)10-14(18-2)12-9-11(16)4-5-13(12)17/h4-6,8-9,14,18H,3,7,10H2,1-2H3. The van der Waals surface area contributed by atoms with Gasteiger partial charge in [-0.05, 0) is 37.2 Å². The molecule has 3 nitrogen and oxygen atoms in total. The third-order valence-electron chi connectivity index (χ3n) is 3.33. The Kier molecular flexibility index (Phi) is 5.64. The van der Waals surface area contributed by atoms with Crippen LogP contribution >= 0.6 is 27.5 Å².